The third-order valence-corrected chi connectivity index (χ3v) is 14.3. The Morgan fingerprint density at radius 3 is 1.81 bits per heavy atom. The van der Waals surface area contributed by atoms with Gasteiger partial charge in [0.1, 0.15) is 5.82 Å². The van der Waals surface area contributed by atoms with E-state index in [0.29, 0.717) is 11.5 Å². The molecule has 6 heteroatoms. The third kappa shape index (κ3) is 9.44. The smallest absolute Gasteiger partial charge is 0.268 e. The molecule has 0 aliphatic rings. The van der Waals surface area contributed by atoms with Crippen LogP contribution in [-0.2, 0) is 43.7 Å². The molecule has 0 aliphatic carbocycles. The van der Waals surface area contributed by atoms with Crippen LogP contribution >= 0.6 is 0 Å². The molecule has 0 N–H and O–H groups in total. The molecule has 11 aromatic rings. The largest absolute Gasteiger partial charge is 0.510 e. The summed E-state index contributed by atoms with van der Waals surface area (Å²) in [6, 6.07) is 70.2. The maximum atomic E-state index is 6.75. The number of fused-ring (bicyclic) bond motifs is 4. The molecular formula is C68H62N4OPt-2. The fourth-order valence-electron chi connectivity index (χ4n) is 10.1. The number of pyridine rings is 1. The minimum atomic E-state index is -0.0458. The Hall–Kier alpha value is -7.33. The quantitative estimate of drug-likeness (QED) is 0.107. The fourth-order valence-corrected chi connectivity index (χ4v) is 10.1. The summed E-state index contributed by atoms with van der Waals surface area (Å²) >= 11 is 0. The molecule has 0 atom stereocenters. The third-order valence-electron chi connectivity index (χ3n) is 14.3. The van der Waals surface area contributed by atoms with Gasteiger partial charge in [0.05, 0.1) is 16.7 Å². The topological polar surface area (TPSA) is 35.9 Å². The van der Waals surface area contributed by atoms with Crippen LogP contribution in [0.5, 0.6) is 11.5 Å². The monoisotopic (exact) mass is 1150 g/mol. The molecule has 0 saturated heterocycles. The summed E-state index contributed by atoms with van der Waals surface area (Å²) in [5.74, 6) is 2.00. The number of ether oxygens (including phenoxy) is 1. The molecule has 0 fully saturated rings. The van der Waals surface area contributed by atoms with Gasteiger partial charge in [0, 0.05) is 49.8 Å². The fraction of sp³-hybridized carbons (Fsp3) is 0.206. The molecule has 0 saturated carbocycles. The van der Waals surface area contributed by atoms with Crippen molar-refractivity contribution < 1.29 is 30.4 Å². The molecule has 5 nitrogen and oxygen atoms in total. The summed E-state index contributed by atoms with van der Waals surface area (Å²) in [5.41, 5.74) is 17.9. The second kappa shape index (κ2) is 19.5. The van der Waals surface area contributed by atoms with Crippen molar-refractivity contribution in [3.63, 3.8) is 0 Å². The molecule has 0 spiro atoms. The molecule has 8 aromatic carbocycles. The van der Waals surface area contributed by atoms with Gasteiger partial charge in [-0.05, 0) is 95.9 Å². The normalized spacial score (nSPS) is 12.1. The Labute approximate surface area is 451 Å². The molecule has 372 valence electrons. The van der Waals surface area contributed by atoms with Crippen molar-refractivity contribution in [3.8, 4) is 62.1 Å². The second-order valence-corrected chi connectivity index (χ2v) is 22.4. The van der Waals surface area contributed by atoms with E-state index in [0.717, 1.165) is 78.7 Å². The Morgan fingerprint density at radius 1 is 0.514 bits per heavy atom. The van der Waals surface area contributed by atoms with Gasteiger partial charge in [-0.3, -0.25) is 4.57 Å². The number of rotatable bonds is 9. The van der Waals surface area contributed by atoms with Crippen molar-refractivity contribution in [3.05, 3.63) is 223 Å². The van der Waals surface area contributed by atoms with Gasteiger partial charge in [-0.15, -0.1) is 29.7 Å². The van der Waals surface area contributed by atoms with Crippen LogP contribution in [0.1, 0.15) is 91.5 Å². The Morgan fingerprint density at radius 2 is 1.12 bits per heavy atom. The zero-order valence-electron chi connectivity index (χ0n) is 44.0. The number of aromatic nitrogens is 4. The molecular weight excluding hydrogens is 1080 g/mol. The van der Waals surface area contributed by atoms with Crippen LogP contribution in [-0.4, -0.2) is 14.1 Å². The number of hydrogen-bond acceptors (Lipinski definition) is 2. The van der Waals surface area contributed by atoms with Crippen LogP contribution in [0.2, 0.25) is 0 Å². The van der Waals surface area contributed by atoms with Crippen molar-refractivity contribution in [2.45, 2.75) is 91.9 Å². The molecule has 0 bridgehead atoms. The summed E-state index contributed by atoms with van der Waals surface area (Å²) in [6.45, 7) is 22.8. The van der Waals surface area contributed by atoms with Gasteiger partial charge in [-0.25, -0.2) is 4.98 Å². The second-order valence-electron chi connectivity index (χ2n) is 22.4. The minimum Gasteiger partial charge on any atom is -0.510 e. The van der Waals surface area contributed by atoms with E-state index in [4.69, 9.17) is 9.72 Å². The first-order chi connectivity index (χ1) is 35.0. The molecule has 74 heavy (non-hydrogen) atoms. The first-order valence-electron chi connectivity index (χ1n) is 25.6. The van der Waals surface area contributed by atoms with Gasteiger partial charge in [0.2, 0.25) is 0 Å². The molecule has 0 radical (unpaired) electrons. The van der Waals surface area contributed by atoms with E-state index in [1.807, 2.05) is 24.4 Å². The van der Waals surface area contributed by atoms with E-state index in [1.54, 1.807) is 0 Å². The van der Waals surface area contributed by atoms with Crippen molar-refractivity contribution in [2.24, 2.45) is 0 Å². The molecule has 0 amide bonds. The molecule has 0 unspecified atom stereocenters. The van der Waals surface area contributed by atoms with Crippen LogP contribution in [0.15, 0.2) is 182 Å². The standard InChI is InChI=1S/C68H62N4O.Pt/c1-11-45-39-64(69-43-59(45)47-31-33-49(34-32-47)66(2,3)4)72-60-28-16-15-25-57(60)58-36-35-54(42-63(58)72)73-53-24-19-23-52(41-53)70-44-71(62-30-18-17-29-61(62)70)65-55(46-21-13-12-14-22-46)26-20-27-56(65)48-37-50(67(5,6)7)40-51(38-48)68(8,9)10;/h12-40,43H,11H2,1-10H3;/q-2;. The number of aryl methyl sites for hydroxylation is 1. The number of imidazole rings is 1. The predicted molar refractivity (Wildman–Crippen MR) is 302 cm³/mol. The summed E-state index contributed by atoms with van der Waals surface area (Å²) in [5, 5.41) is 2.21. The number of hydrogen-bond donors (Lipinski definition) is 0. The summed E-state index contributed by atoms with van der Waals surface area (Å²) in [7, 11) is 0. The molecule has 3 heterocycles. The maximum Gasteiger partial charge on any atom is 0.268 e. The van der Waals surface area contributed by atoms with Gasteiger partial charge >= 0.3 is 0 Å². The zero-order chi connectivity index (χ0) is 50.8. The van der Waals surface area contributed by atoms with Crippen LogP contribution in [0.4, 0.5) is 0 Å². The van der Waals surface area contributed by atoms with Crippen LogP contribution in [0.3, 0.4) is 0 Å². The van der Waals surface area contributed by atoms with E-state index in [1.165, 1.54) is 33.4 Å². The first-order valence-corrected chi connectivity index (χ1v) is 25.6. The van der Waals surface area contributed by atoms with E-state index in [9.17, 15) is 0 Å². The van der Waals surface area contributed by atoms with Crippen molar-refractivity contribution >= 4 is 32.8 Å². The summed E-state index contributed by atoms with van der Waals surface area (Å²) in [4.78, 5) is 5.14. The molecule has 3 aromatic heterocycles. The van der Waals surface area contributed by atoms with Gasteiger partial charge in [-0.2, -0.15) is 18.2 Å². The van der Waals surface area contributed by atoms with E-state index >= 15 is 0 Å². The first kappa shape index (κ1) is 50.2. The summed E-state index contributed by atoms with van der Waals surface area (Å²) in [6.07, 6.45) is 6.74. The SMILES string of the molecule is CCc1cc(-n2c3[c-]c(Oc4[c-]c(-n5[c-][n+](-c6c(-c7ccccc7)cccc6-c6cc(C(C)(C)C)cc(C(C)(C)C)c6)c6ccccc65)ccc4)ccc3c3ccccc32)ncc1-c1ccc(C(C)(C)C)cc1.[Pt]. The van der Waals surface area contributed by atoms with Gasteiger partial charge < -0.3 is 13.9 Å². The average molecular weight is 1150 g/mol. The predicted octanol–water partition coefficient (Wildman–Crippen LogP) is 17.0. The summed E-state index contributed by atoms with van der Waals surface area (Å²) < 4.78 is 13.3. The Balaban J connectivity index is 0.00000626. The maximum absolute atomic E-state index is 6.75. The van der Waals surface area contributed by atoms with Gasteiger partial charge in [0.15, 0.2) is 0 Å². The van der Waals surface area contributed by atoms with E-state index in [-0.39, 0.29) is 37.3 Å². The van der Waals surface area contributed by atoms with Crippen LogP contribution in [0.25, 0.3) is 83.4 Å². The van der Waals surface area contributed by atoms with Crippen LogP contribution < -0.4 is 9.30 Å². The Bertz CT molecular complexity index is 3830. The minimum absolute atomic E-state index is 0. The molecule has 0 aliphatic heterocycles. The average Bonchev–Trinajstić information content (AvgIpc) is 3.94. The van der Waals surface area contributed by atoms with Crippen LogP contribution in [0, 0.1) is 18.5 Å². The van der Waals surface area contributed by atoms with Crippen molar-refractivity contribution in [2.75, 3.05) is 0 Å². The molecule has 11 rings (SSSR count). The van der Waals surface area contributed by atoms with Gasteiger partial charge in [0.25, 0.3) is 6.33 Å². The zero-order valence-corrected chi connectivity index (χ0v) is 46.3. The van der Waals surface area contributed by atoms with E-state index < -0.39 is 0 Å². The van der Waals surface area contributed by atoms with Crippen molar-refractivity contribution in [1.82, 2.24) is 14.1 Å². The van der Waals surface area contributed by atoms with Gasteiger partial charge in [-0.1, -0.05) is 208 Å². The van der Waals surface area contributed by atoms with E-state index in [2.05, 4.69) is 259 Å². The number of nitrogens with zero attached hydrogens (tertiary/aromatic N) is 4. The number of para-hydroxylation sites is 4. The number of benzene rings is 8. The Kier molecular flexibility index (Phi) is 13.2. The van der Waals surface area contributed by atoms with Crippen molar-refractivity contribution in [1.29, 1.82) is 0 Å².